The van der Waals surface area contributed by atoms with Crippen molar-refractivity contribution in [2.24, 2.45) is 5.92 Å². The highest BCUT2D eigenvalue weighted by molar-refractivity contribution is 8.15. The predicted molar refractivity (Wildman–Crippen MR) is 40.4 cm³/mol. The summed E-state index contributed by atoms with van der Waals surface area (Å²) in [6, 6.07) is 0. The molecule has 0 radical (unpaired) electrons. The summed E-state index contributed by atoms with van der Waals surface area (Å²) in [7, 11) is 0. The molecule has 0 aromatic rings. The highest BCUT2D eigenvalue weighted by atomic mass is 32.2. The van der Waals surface area contributed by atoms with E-state index in [4.69, 9.17) is 0 Å². The summed E-state index contributed by atoms with van der Waals surface area (Å²) in [5.41, 5.74) is 0. The molecule has 1 aliphatic heterocycles. The Morgan fingerprint density at radius 2 is 2.33 bits per heavy atom. The second kappa shape index (κ2) is 2.56. The second-order valence-electron chi connectivity index (χ2n) is 2.50. The Hall–Kier alpha value is -0.240. The summed E-state index contributed by atoms with van der Waals surface area (Å²) in [6.45, 7) is 4.25. The largest absolute Gasteiger partial charge is 0.282 e. The van der Waals surface area contributed by atoms with E-state index in [9.17, 15) is 4.79 Å². The summed E-state index contributed by atoms with van der Waals surface area (Å²) in [6.07, 6.45) is 3.65. The maximum absolute atomic E-state index is 10.6. The fourth-order valence-electron chi connectivity index (χ4n) is 0.744. The molecule has 0 aliphatic carbocycles. The molecule has 1 rings (SSSR count). The standard InChI is InChI=1S/C7H10OS/c1-5(2)6-3-4-7(8)9-6/h3-6H,1-2H3. The van der Waals surface area contributed by atoms with Crippen molar-refractivity contribution >= 4 is 16.9 Å². The van der Waals surface area contributed by atoms with Crippen molar-refractivity contribution in [2.75, 3.05) is 0 Å². The van der Waals surface area contributed by atoms with Gasteiger partial charge in [-0.15, -0.1) is 0 Å². The number of carbonyl (C=O) groups is 1. The molecule has 0 aromatic carbocycles. The van der Waals surface area contributed by atoms with Gasteiger partial charge in [0.1, 0.15) is 0 Å². The highest BCUT2D eigenvalue weighted by Gasteiger charge is 2.18. The van der Waals surface area contributed by atoms with Crippen LogP contribution in [-0.2, 0) is 4.79 Å². The van der Waals surface area contributed by atoms with Crippen LogP contribution in [0.2, 0.25) is 0 Å². The van der Waals surface area contributed by atoms with Gasteiger partial charge in [0.25, 0.3) is 0 Å². The van der Waals surface area contributed by atoms with Gasteiger partial charge in [-0.2, -0.15) is 0 Å². The van der Waals surface area contributed by atoms with Gasteiger partial charge in [-0.3, -0.25) is 4.79 Å². The lowest BCUT2D eigenvalue weighted by Crippen LogP contribution is -2.04. The van der Waals surface area contributed by atoms with Crippen LogP contribution in [0.3, 0.4) is 0 Å². The van der Waals surface area contributed by atoms with Gasteiger partial charge in [0, 0.05) is 5.25 Å². The normalized spacial score (nSPS) is 26.1. The van der Waals surface area contributed by atoms with E-state index >= 15 is 0 Å². The summed E-state index contributed by atoms with van der Waals surface area (Å²) in [5.74, 6) is 0.581. The van der Waals surface area contributed by atoms with Crippen molar-refractivity contribution in [2.45, 2.75) is 19.1 Å². The first-order valence-corrected chi connectivity index (χ1v) is 3.97. The minimum atomic E-state index is 0.203. The zero-order valence-electron chi connectivity index (χ0n) is 5.63. The molecule has 1 aliphatic rings. The molecule has 2 heteroatoms. The van der Waals surface area contributed by atoms with E-state index in [-0.39, 0.29) is 5.12 Å². The fourth-order valence-corrected chi connectivity index (χ4v) is 1.60. The third-order valence-corrected chi connectivity index (χ3v) is 2.67. The van der Waals surface area contributed by atoms with E-state index in [1.807, 2.05) is 6.08 Å². The van der Waals surface area contributed by atoms with Crippen LogP contribution in [0.15, 0.2) is 12.2 Å². The van der Waals surface area contributed by atoms with E-state index in [1.54, 1.807) is 6.08 Å². The Labute approximate surface area is 59.5 Å². The Kier molecular flexibility index (Phi) is 1.96. The minimum absolute atomic E-state index is 0.203. The van der Waals surface area contributed by atoms with Gasteiger partial charge in [-0.1, -0.05) is 31.7 Å². The number of hydrogen-bond acceptors (Lipinski definition) is 2. The van der Waals surface area contributed by atoms with Crippen molar-refractivity contribution < 1.29 is 4.79 Å². The average Bonchev–Trinajstić information content (AvgIpc) is 2.14. The topological polar surface area (TPSA) is 17.1 Å². The van der Waals surface area contributed by atoms with Crippen molar-refractivity contribution in [3.05, 3.63) is 12.2 Å². The monoisotopic (exact) mass is 142 g/mol. The first-order valence-electron chi connectivity index (χ1n) is 3.09. The molecule has 0 spiro atoms. The van der Waals surface area contributed by atoms with Gasteiger partial charge in [0.15, 0.2) is 0 Å². The van der Waals surface area contributed by atoms with Crippen molar-refractivity contribution in [3.63, 3.8) is 0 Å². The van der Waals surface area contributed by atoms with Crippen LogP contribution in [-0.4, -0.2) is 10.4 Å². The number of rotatable bonds is 1. The molecule has 0 bridgehead atoms. The van der Waals surface area contributed by atoms with Crippen LogP contribution in [0.4, 0.5) is 0 Å². The highest BCUT2D eigenvalue weighted by Crippen LogP contribution is 2.26. The van der Waals surface area contributed by atoms with Crippen molar-refractivity contribution in [3.8, 4) is 0 Å². The van der Waals surface area contributed by atoms with Crippen LogP contribution in [0.25, 0.3) is 0 Å². The van der Waals surface area contributed by atoms with Crippen LogP contribution in [0.5, 0.6) is 0 Å². The summed E-state index contributed by atoms with van der Waals surface area (Å²) in [4.78, 5) is 10.6. The Morgan fingerprint density at radius 1 is 1.67 bits per heavy atom. The Balaban J connectivity index is 2.50. The molecule has 0 amide bonds. The number of hydrogen-bond donors (Lipinski definition) is 0. The van der Waals surface area contributed by atoms with Crippen molar-refractivity contribution in [1.29, 1.82) is 0 Å². The number of carbonyl (C=O) groups excluding carboxylic acids is 1. The molecule has 9 heavy (non-hydrogen) atoms. The molecule has 0 aromatic heterocycles. The lowest BCUT2D eigenvalue weighted by Gasteiger charge is -2.08. The van der Waals surface area contributed by atoms with Gasteiger partial charge in [0.05, 0.1) is 0 Å². The zero-order chi connectivity index (χ0) is 6.85. The molecule has 1 heterocycles. The van der Waals surface area contributed by atoms with Crippen LogP contribution >= 0.6 is 11.8 Å². The first kappa shape index (κ1) is 6.87. The molecule has 0 N–H and O–H groups in total. The number of thioether (sulfide) groups is 1. The van der Waals surface area contributed by atoms with Gasteiger partial charge in [0.2, 0.25) is 5.12 Å². The molecule has 1 atom stereocenters. The van der Waals surface area contributed by atoms with E-state index in [0.29, 0.717) is 11.2 Å². The molecular formula is C7H10OS. The van der Waals surface area contributed by atoms with Crippen LogP contribution in [0.1, 0.15) is 13.8 Å². The second-order valence-corrected chi connectivity index (χ2v) is 3.69. The van der Waals surface area contributed by atoms with Gasteiger partial charge >= 0.3 is 0 Å². The summed E-state index contributed by atoms with van der Waals surface area (Å²) in [5, 5.41) is 0.631. The lowest BCUT2D eigenvalue weighted by molar-refractivity contribution is -0.106. The summed E-state index contributed by atoms with van der Waals surface area (Å²) < 4.78 is 0. The average molecular weight is 142 g/mol. The minimum Gasteiger partial charge on any atom is -0.282 e. The predicted octanol–water partition coefficient (Wildman–Crippen LogP) is 1.84. The van der Waals surface area contributed by atoms with E-state index in [1.165, 1.54) is 11.8 Å². The van der Waals surface area contributed by atoms with Crippen LogP contribution < -0.4 is 0 Å². The first-order chi connectivity index (χ1) is 4.20. The van der Waals surface area contributed by atoms with Gasteiger partial charge in [-0.05, 0) is 12.0 Å². The molecule has 1 nitrogen and oxygen atoms in total. The molecule has 50 valence electrons. The van der Waals surface area contributed by atoms with E-state index in [0.717, 1.165) is 0 Å². The molecule has 0 fully saturated rings. The smallest absolute Gasteiger partial charge is 0.212 e. The maximum atomic E-state index is 10.6. The molecule has 1 unspecified atom stereocenters. The fraction of sp³-hybridized carbons (Fsp3) is 0.571. The third kappa shape index (κ3) is 1.58. The van der Waals surface area contributed by atoms with Gasteiger partial charge < -0.3 is 0 Å². The zero-order valence-corrected chi connectivity index (χ0v) is 6.44. The third-order valence-electron chi connectivity index (χ3n) is 1.33. The quantitative estimate of drug-likeness (QED) is 0.555. The maximum Gasteiger partial charge on any atom is 0.212 e. The molecule has 0 saturated heterocycles. The molecular weight excluding hydrogens is 132 g/mol. The Morgan fingerprint density at radius 3 is 2.56 bits per heavy atom. The van der Waals surface area contributed by atoms with Crippen LogP contribution in [0, 0.1) is 5.92 Å². The lowest BCUT2D eigenvalue weighted by atomic mass is 10.1. The van der Waals surface area contributed by atoms with E-state index in [2.05, 4.69) is 13.8 Å². The summed E-state index contributed by atoms with van der Waals surface area (Å²) >= 11 is 1.42. The SMILES string of the molecule is CC(C)C1C=CC(=O)S1. The van der Waals surface area contributed by atoms with E-state index < -0.39 is 0 Å². The van der Waals surface area contributed by atoms with Crippen molar-refractivity contribution in [1.82, 2.24) is 0 Å². The van der Waals surface area contributed by atoms with Gasteiger partial charge in [-0.25, -0.2) is 0 Å². The molecule has 0 saturated carbocycles. The Bertz CT molecular complexity index is 149.